The Morgan fingerprint density at radius 2 is 1.54 bits per heavy atom. The van der Waals surface area contributed by atoms with Crippen molar-refractivity contribution in [3.63, 3.8) is 0 Å². The first kappa shape index (κ1) is 35.3. The van der Waals surface area contributed by atoms with E-state index in [2.05, 4.69) is 38.4 Å². The van der Waals surface area contributed by atoms with Gasteiger partial charge in [0.2, 0.25) is 0 Å². The summed E-state index contributed by atoms with van der Waals surface area (Å²) in [5.74, 6) is 1.25. The van der Waals surface area contributed by atoms with Gasteiger partial charge >= 0.3 is 6.03 Å². The number of rotatable bonds is 9. The zero-order valence-electron chi connectivity index (χ0n) is 27.1. The topological polar surface area (TPSA) is 127 Å². The van der Waals surface area contributed by atoms with Gasteiger partial charge in [0.25, 0.3) is 10.0 Å². The minimum atomic E-state index is -3.76. The number of methoxy groups -OCH3 is 1. The molecule has 5 rings (SSSR count). The van der Waals surface area contributed by atoms with Crippen molar-refractivity contribution in [1.29, 1.82) is 0 Å². The van der Waals surface area contributed by atoms with Crippen LogP contribution in [-0.2, 0) is 16.4 Å². The number of urea groups is 1. The van der Waals surface area contributed by atoms with Crippen LogP contribution in [0.3, 0.4) is 0 Å². The average Bonchev–Trinajstić information content (AvgIpc) is 3.51. The number of amides is 2. The van der Waals surface area contributed by atoms with Gasteiger partial charge in [0.05, 0.1) is 23.4 Å². The summed E-state index contributed by atoms with van der Waals surface area (Å²) in [6.45, 7) is 10.1. The lowest BCUT2D eigenvalue weighted by atomic mass is 10.1. The largest absolute Gasteiger partial charge is 0.497 e. The zero-order valence-corrected chi connectivity index (χ0v) is 27.9. The first-order valence-corrected chi connectivity index (χ1v) is 16.6. The molecule has 242 valence electrons. The highest BCUT2D eigenvalue weighted by molar-refractivity contribution is 7.92. The molecule has 0 radical (unpaired) electrons. The molecule has 11 heteroatoms. The molecule has 0 unspecified atom stereocenters. The molecular weight excluding hydrogens is 600 g/mol. The molecule has 0 fully saturated rings. The van der Waals surface area contributed by atoms with E-state index in [9.17, 15) is 13.2 Å². The lowest BCUT2D eigenvalue weighted by Crippen LogP contribution is -2.21. The second-order valence-electron chi connectivity index (χ2n) is 10.0. The van der Waals surface area contributed by atoms with Crippen LogP contribution in [0.25, 0.3) is 5.69 Å². The van der Waals surface area contributed by atoms with Gasteiger partial charge in [0.15, 0.2) is 0 Å². The molecule has 0 atom stereocenters. The molecule has 46 heavy (non-hydrogen) atoms. The van der Waals surface area contributed by atoms with E-state index in [-0.39, 0.29) is 10.8 Å². The average molecular weight is 643 g/mol. The fourth-order valence-electron chi connectivity index (χ4n) is 4.01. The van der Waals surface area contributed by atoms with Gasteiger partial charge < -0.3 is 10.1 Å². The maximum absolute atomic E-state index is 12.8. The van der Waals surface area contributed by atoms with Crippen LogP contribution in [0.4, 0.5) is 22.0 Å². The summed E-state index contributed by atoms with van der Waals surface area (Å²) < 4.78 is 34.8. The van der Waals surface area contributed by atoms with Gasteiger partial charge in [-0.1, -0.05) is 58.9 Å². The van der Waals surface area contributed by atoms with Crippen molar-refractivity contribution >= 4 is 33.2 Å². The number of ether oxygens (including phenoxy) is 1. The lowest BCUT2D eigenvalue weighted by molar-refractivity contribution is 0.262. The van der Waals surface area contributed by atoms with Crippen molar-refractivity contribution in [2.75, 3.05) is 22.5 Å². The van der Waals surface area contributed by atoms with Gasteiger partial charge in [0, 0.05) is 29.8 Å². The van der Waals surface area contributed by atoms with Crippen LogP contribution >= 0.6 is 0 Å². The zero-order chi connectivity index (χ0) is 33.5. The van der Waals surface area contributed by atoms with Gasteiger partial charge in [-0.3, -0.25) is 15.0 Å². The highest BCUT2D eigenvalue weighted by atomic mass is 32.2. The molecule has 2 aromatic heterocycles. The van der Waals surface area contributed by atoms with Gasteiger partial charge in [-0.2, -0.15) is 5.10 Å². The summed E-state index contributed by atoms with van der Waals surface area (Å²) in [5, 5.41) is 10.2. The summed E-state index contributed by atoms with van der Waals surface area (Å²) in [7, 11) is -2.18. The third-order valence-corrected chi connectivity index (χ3v) is 7.86. The number of para-hydroxylation sites is 1. The van der Waals surface area contributed by atoms with Gasteiger partial charge in [-0.05, 0) is 84.6 Å². The van der Waals surface area contributed by atoms with E-state index in [4.69, 9.17) is 4.74 Å². The quantitative estimate of drug-likeness (QED) is 0.149. The van der Waals surface area contributed by atoms with Crippen LogP contribution in [0, 0.1) is 0 Å². The Balaban J connectivity index is 0.000000496. The molecule has 0 saturated carbocycles. The second kappa shape index (κ2) is 17.4. The number of sulfonamides is 1. The van der Waals surface area contributed by atoms with Crippen molar-refractivity contribution in [1.82, 2.24) is 14.8 Å². The van der Waals surface area contributed by atoms with Crippen LogP contribution in [0.1, 0.15) is 51.8 Å². The minimum absolute atomic E-state index is 0.109. The predicted octanol–water partition coefficient (Wildman–Crippen LogP) is 8.12. The summed E-state index contributed by atoms with van der Waals surface area (Å²) in [4.78, 5) is 16.7. The summed E-state index contributed by atoms with van der Waals surface area (Å²) >= 11 is 0. The van der Waals surface area contributed by atoms with Crippen LogP contribution in [0.15, 0.2) is 114 Å². The molecule has 3 aromatic carbocycles. The van der Waals surface area contributed by atoms with E-state index in [1.54, 1.807) is 84.7 Å². The Kier molecular flexibility index (Phi) is 13.3. The third kappa shape index (κ3) is 10.2. The Morgan fingerprint density at radius 3 is 2.09 bits per heavy atom. The number of carbonyl (C=O) groups excluding carboxylic acids is 1. The number of hydrogen-bond donors (Lipinski definition) is 3. The fraction of sp³-hybridized carbons (Fsp3) is 0.229. The molecule has 0 aliphatic carbocycles. The van der Waals surface area contributed by atoms with Gasteiger partial charge in [-0.25, -0.2) is 17.9 Å². The van der Waals surface area contributed by atoms with Crippen LogP contribution < -0.4 is 20.1 Å². The Bertz CT molecular complexity index is 1740. The van der Waals surface area contributed by atoms with E-state index >= 15 is 0 Å². The molecule has 2 heterocycles. The molecule has 3 N–H and O–H groups in total. The van der Waals surface area contributed by atoms with Crippen molar-refractivity contribution < 1.29 is 17.9 Å². The Morgan fingerprint density at radius 1 is 0.870 bits per heavy atom. The standard InChI is InChI=1S/C26H27N5O4S.C7H9N.C2H6/c1-18(2)24-17-25(28-26(32)27-19-9-13-22(35-3)14-10-19)31(29-24)21-11-15-23(16-12-21)36(33,34)30-20-7-5-4-6-8-20;1-2-7-4-3-5-8-6-7;1-2/h4-18,30H,1-3H3,(H2,27,28,32);3-6H,2H2,1H3;1-2H3. The third-order valence-electron chi connectivity index (χ3n) is 6.46. The number of carbonyl (C=O) groups is 1. The van der Waals surface area contributed by atoms with Gasteiger partial charge in [-0.15, -0.1) is 0 Å². The molecule has 0 bridgehead atoms. The number of aryl methyl sites for hydroxylation is 1. The molecular formula is C35H42N6O4S. The highest BCUT2D eigenvalue weighted by Gasteiger charge is 2.17. The Labute approximate surface area is 271 Å². The predicted molar refractivity (Wildman–Crippen MR) is 186 cm³/mol. The summed E-state index contributed by atoms with van der Waals surface area (Å²) in [6.07, 6.45) is 4.76. The molecule has 2 amide bonds. The SMILES string of the molecule is CC.CCc1cccnc1.COc1ccc(NC(=O)Nc2cc(C(C)C)nn2-c2ccc(S(=O)(=O)Nc3ccccc3)cc2)cc1. The number of anilines is 3. The fourth-order valence-corrected chi connectivity index (χ4v) is 5.07. The smallest absolute Gasteiger partial charge is 0.324 e. The van der Waals surface area contributed by atoms with Gasteiger partial charge in [0.1, 0.15) is 11.6 Å². The number of hydrogen-bond acceptors (Lipinski definition) is 6. The maximum Gasteiger partial charge on any atom is 0.324 e. The molecule has 0 aliphatic rings. The first-order valence-electron chi connectivity index (χ1n) is 15.1. The normalized spacial score (nSPS) is 10.5. The monoisotopic (exact) mass is 642 g/mol. The van der Waals surface area contributed by atoms with Crippen molar-refractivity contribution in [3.05, 3.63) is 121 Å². The summed E-state index contributed by atoms with van der Waals surface area (Å²) in [5.41, 5.74) is 3.75. The molecule has 5 aromatic rings. The molecule has 0 aliphatic heterocycles. The molecule has 0 saturated heterocycles. The van der Waals surface area contributed by atoms with Crippen molar-refractivity contribution in [2.45, 2.75) is 51.9 Å². The lowest BCUT2D eigenvalue weighted by Gasteiger charge is -2.12. The van der Waals surface area contributed by atoms with E-state index in [1.807, 2.05) is 46.0 Å². The number of nitrogens with one attached hydrogen (secondary N) is 3. The Hall–Kier alpha value is -5.16. The van der Waals surface area contributed by atoms with Crippen LogP contribution in [-0.4, -0.2) is 36.3 Å². The van der Waals surface area contributed by atoms with E-state index in [1.165, 1.54) is 17.7 Å². The molecule has 10 nitrogen and oxygen atoms in total. The van der Waals surface area contributed by atoms with Crippen molar-refractivity contribution in [3.8, 4) is 11.4 Å². The van der Waals surface area contributed by atoms with Crippen LogP contribution in [0.2, 0.25) is 0 Å². The summed E-state index contributed by atoms with van der Waals surface area (Å²) in [6, 6.07) is 27.3. The van der Waals surface area contributed by atoms with Crippen LogP contribution in [0.5, 0.6) is 5.75 Å². The minimum Gasteiger partial charge on any atom is -0.497 e. The first-order chi connectivity index (χ1) is 22.2. The maximum atomic E-state index is 12.8. The number of pyridine rings is 1. The number of aromatic nitrogens is 3. The van der Waals surface area contributed by atoms with E-state index < -0.39 is 16.1 Å². The molecule has 0 spiro atoms. The highest BCUT2D eigenvalue weighted by Crippen LogP contribution is 2.24. The van der Waals surface area contributed by atoms with E-state index in [0.29, 0.717) is 28.6 Å². The second-order valence-corrected chi connectivity index (χ2v) is 11.7. The van der Waals surface area contributed by atoms with E-state index in [0.717, 1.165) is 12.1 Å². The number of benzene rings is 3. The van der Waals surface area contributed by atoms with Crippen molar-refractivity contribution in [2.24, 2.45) is 0 Å². The number of nitrogens with zero attached hydrogens (tertiary/aromatic N) is 3.